The van der Waals surface area contributed by atoms with Gasteiger partial charge in [0.2, 0.25) is 0 Å². The van der Waals surface area contributed by atoms with E-state index in [0.717, 1.165) is 38.7 Å². The van der Waals surface area contributed by atoms with Crippen LogP contribution < -0.4 is 10.6 Å². The van der Waals surface area contributed by atoms with Crippen molar-refractivity contribution in [1.29, 1.82) is 0 Å². The van der Waals surface area contributed by atoms with E-state index in [1.54, 1.807) is 7.11 Å². The van der Waals surface area contributed by atoms with Gasteiger partial charge in [0.1, 0.15) is 0 Å². The number of methoxy groups -OCH3 is 1. The summed E-state index contributed by atoms with van der Waals surface area (Å²) in [4.78, 5) is 0. The maximum absolute atomic E-state index is 5.10. The SMILES string of the molecule is COCC(C)CCNCCCNCC(C)C. The normalized spacial score (nSPS) is 13.3. The predicted octanol–water partition coefficient (Wildman–Crippen LogP) is 1.88. The number of rotatable bonds is 11. The minimum absolute atomic E-state index is 0.663. The van der Waals surface area contributed by atoms with E-state index in [4.69, 9.17) is 4.74 Å². The van der Waals surface area contributed by atoms with Gasteiger partial charge in [0, 0.05) is 13.7 Å². The summed E-state index contributed by atoms with van der Waals surface area (Å²) in [5.74, 6) is 1.42. The fourth-order valence-corrected chi connectivity index (χ4v) is 1.57. The molecule has 0 aromatic heterocycles. The molecule has 0 saturated heterocycles. The lowest BCUT2D eigenvalue weighted by molar-refractivity contribution is 0.155. The Hall–Kier alpha value is -0.120. The fourth-order valence-electron chi connectivity index (χ4n) is 1.57. The van der Waals surface area contributed by atoms with Crippen molar-refractivity contribution in [2.45, 2.75) is 33.6 Å². The Balaban J connectivity index is 3.04. The molecule has 3 nitrogen and oxygen atoms in total. The lowest BCUT2D eigenvalue weighted by atomic mass is 10.1. The largest absolute Gasteiger partial charge is 0.384 e. The smallest absolute Gasteiger partial charge is 0.0488 e. The summed E-state index contributed by atoms with van der Waals surface area (Å²) < 4.78 is 5.10. The maximum Gasteiger partial charge on any atom is 0.0488 e. The van der Waals surface area contributed by atoms with Crippen LogP contribution in [0.15, 0.2) is 0 Å². The molecule has 0 heterocycles. The third kappa shape index (κ3) is 12.0. The van der Waals surface area contributed by atoms with E-state index in [0.29, 0.717) is 5.92 Å². The van der Waals surface area contributed by atoms with Crippen molar-refractivity contribution in [1.82, 2.24) is 10.6 Å². The topological polar surface area (TPSA) is 33.3 Å². The van der Waals surface area contributed by atoms with Gasteiger partial charge in [-0.1, -0.05) is 20.8 Å². The lowest BCUT2D eigenvalue weighted by Gasteiger charge is -2.11. The molecule has 0 aromatic rings. The van der Waals surface area contributed by atoms with E-state index in [2.05, 4.69) is 31.4 Å². The average Bonchev–Trinajstić information content (AvgIpc) is 2.22. The highest BCUT2D eigenvalue weighted by Crippen LogP contribution is 1.99. The van der Waals surface area contributed by atoms with Crippen LogP contribution in [0.4, 0.5) is 0 Å². The molecule has 0 rings (SSSR count). The summed E-state index contributed by atoms with van der Waals surface area (Å²) in [6.07, 6.45) is 2.42. The zero-order chi connectivity index (χ0) is 12.2. The van der Waals surface area contributed by atoms with Crippen LogP contribution in [0, 0.1) is 11.8 Å². The Morgan fingerprint density at radius 2 is 1.69 bits per heavy atom. The van der Waals surface area contributed by atoms with Gasteiger partial charge in [-0.15, -0.1) is 0 Å². The molecule has 98 valence electrons. The third-order valence-electron chi connectivity index (χ3n) is 2.52. The molecule has 0 aromatic carbocycles. The van der Waals surface area contributed by atoms with Gasteiger partial charge >= 0.3 is 0 Å². The Morgan fingerprint density at radius 3 is 2.31 bits per heavy atom. The fraction of sp³-hybridized carbons (Fsp3) is 1.00. The lowest BCUT2D eigenvalue weighted by Crippen LogP contribution is -2.26. The van der Waals surface area contributed by atoms with Gasteiger partial charge in [0.15, 0.2) is 0 Å². The molecule has 0 saturated carbocycles. The summed E-state index contributed by atoms with van der Waals surface area (Å²) in [5, 5.41) is 6.91. The molecule has 0 radical (unpaired) electrons. The summed E-state index contributed by atoms with van der Waals surface area (Å²) in [5.41, 5.74) is 0. The molecule has 1 atom stereocenters. The highest BCUT2D eigenvalue weighted by molar-refractivity contribution is 4.57. The minimum atomic E-state index is 0.663. The molecule has 0 amide bonds. The Morgan fingerprint density at radius 1 is 1.00 bits per heavy atom. The van der Waals surface area contributed by atoms with Crippen LogP contribution in [0.1, 0.15) is 33.6 Å². The summed E-state index contributed by atoms with van der Waals surface area (Å²) in [7, 11) is 1.77. The van der Waals surface area contributed by atoms with Gasteiger partial charge in [-0.2, -0.15) is 0 Å². The summed E-state index contributed by atoms with van der Waals surface area (Å²) in [6, 6.07) is 0. The molecule has 0 bridgehead atoms. The first kappa shape index (κ1) is 15.9. The van der Waals surface area contributed by atoms with Crippen molar-refractivity contribution in [3.05, 3.63) is 0 Å². The van der Waals surface area contributed by atoms with Gasteiger partial charge in [-0.3, -0.25) is 0 Å². The molecular weight excluding hydrogens is 200 g/mol. The van der Waals surface area contributed by atoms with E-state index in [1.807, 2.05) is 0 Å². The number of ether oxygens (including phenoxy) is 1. The van der Waals surface area contributed by atoms with E-state index in [9.17, 15) is 0 Å². The van der Waals surface area contributed by atoms with Gasteiger partial charge < -0.3 is 15.4 Å². The van der Waals surface area contributed by atoms with E-state index in [-0.39, 0.29) is 0 Å². The highest BCUT2D eigenvalue weighted by Gasteiger charge is 1.99. The van der Waals surface area contributed by atoms with Crippen molar-refractivity contribution in [3.63, 3.8) is 0 Å². The number of hydrogen-bond donors (Lipinski definition) is 2. The van der Waals surface area contributed by atoms with Crippen molar-refractivity contribution in [2.75, 3.05) is 39.9 Å². The van der Waals surface area contributed by atoms with E-state index < -0.39 is 0 Å². The first-order valence-electron chi connectivity index (χ1n) is 6.57. The molecule has 0 aliphatic heterocycles. The van der Waals surface area contributed by atoms with Gasteiger partial charge in [-0.05, 0) is 50.9 Å². The van der Waals surface area contributed by atoms with Crippen LogP contribution in [0.5, 0.6) is 0 Å². The molecule has 0 spiro atoms. The minimum Gasteiger partial charge on any atom is -0.384 e. The van der Waals surface area contributed by atoms with Gasteiger partial charge in [0.05, 0.1) is 0 Å². The summed E-state index contributed by atoms with van der Waals surface area (Å²) in [6.45, 7) is 12.1. The molecule has 3 heteroatoms. The standard InChI is InChI=1S/C13H30N2O/c1-12(2)10-15-8-5-7-14-9-6-13(3)11-16-4/h12-15H,5-11H2,1-4H3. The summed E-state index contributed by atoms with van der Waals surface area (Å²) >= 11 is 0. The quantitative estimate of drug-likeness (QED) is 0.532. The molecule has 0 aliphatic carbocycles. The first-order chi connectivity index (χ1) is 7.66. The molecule has 1 unspecified atom stereocenters. The van der Waals surface area contributed by atoms with E-state index >= 15 is 0 Å². The van der Waals surface area contributed by atoms with Crippen molar-refractivity contribution in [2.24, 2.45) is 11.8 Å². The molecule has 0 fully saturated rings. The van der Waals surface area contributed by atoms with E-state index in [1.165, 1.54) is 12.8 Å². The van der Waals surface area contributed by atoms with Crippen molar-refractivity contribution >= 4 is 0 Å². The first-order valence-corrected chi connectivity index (χ1v) is 6.57. The average molecular weight is 230 g/mol. The monoisotopic (exact) mass is 230 g/mol. The second-order valence-electron chi connectivity index (χ2n) is 5.05. The number of hydrogen-bond acceptors (Lipinski definition) is 3. The van der Waals surface area contributed by atoms with Crippen LogP contribution in [0.2, 0.25) is 0 Å². The van der Waals surface area contributed by atoms with Gasteiger partial charge in [0.25, 0.3) is 0 Å². The second kappa shape index (κ2) is 11.4. The molecular formula is C13H30N2O. The predicted molar refractivity (Wildman–Crippen MR) is 70.9 cm³/mol. The zero-order valence-electron chi connectivity index (χ0n) is 11.5. The molecule has 16 heavy (non-hydrogen) atoms. The zero-order valence-corrected chi connectivity index (χ0v) is 11.5. The molecule has 0 aliphatic rings. The third-order valence-corrected chi connectivity index (χ3v) is 2.52. The Bertz CT molecular complexity index is 140. The molecule has 2 N–H and O–H groups in total. The van der Waals surface area contributed by atoms with Crippen molar-refractivity contribution in [3.8, 4) is 0 Å². The van der Waals surface area contributed by atoms with Gasteiger partial charge in [-0.25, -0.2) is 0 Å². The highest BCUT2D eigenvalue weighted by atomic mass is 16.5. The van der Waals surface area contributed by atoms with Crippen LogP contribution in [-0.4, -0.2) is 39.9 Å². The van der Waals surface area contributed by atoms with Crippen LogP contribution in [0.25, 0.3) is 0 Å². The maximum atomic E-state index is 5.10. The second-order valence-corrected chi connectivity index (χ2v) is 5.05. The van der Waals surface area contributed by atoms with Crippen molar-refractivity contribution < 1.29 is 4.74 Å². The van der Waals surface area contributed by atoms with Crippen LogP contribution >= 0.6 is 0 Å². The Kier molecular flexibility index (Phi) is 11.3. The Labute approximate surface area is 101 Å². The number of nitrogens with one attached hydrogen (secondary N) is 2. The van der Waals surface area contributed by atoms with Crippen LogP contribution in [0.3, 0.4) is 0 Å². The van der Waals surface area contributed by atoms with Crippen LogP contribution in [-0.2, 0) is 4.74 Å².